The van der Waals surface area contributed by atoms with Crippen molar-refractivity contribution in [2.24, 2.45) is 56.7 Å². The van der Waals surface area contributed by atoms with Crippen molar-refractivity contribution in [1.82, 2.24) is 0 Å². The van der Waals surface area contributed by atoms with Crippen molar-refractivity contribution < 1.29 is 25.2 Å². The van der Waals surface area contributed by atoms with E-state index in [9.17, 15) is 25.2 Å². The van der Waals surface area contributed by atoms with E-state index in [1.165, 1.54) is 5.57 Å². The van der Waals surface area contributed by atoms with E-state index in [1.54, 1.807) is 0 Å². The van der Waals surface area contributed by atoms with Crippen molar-refractivity contribution in [2.75, 3.05) is 6.61 Å². The van der Waals surface area contributed by atoms with E-state index < -0.39 is 29.0 Å². The van der Waals surface area contributed by atoms with Gasteiger partial charge in [-0.1, -0.05) is 53.2 Å². The van der Waals surface area contributed by atoms with Gasteiger partial charge in [-0.05, 0) is 97.2 Å². The SMILES string of the molecule is C[C@H]1[C@H](C)CC[C@]2(C(=O)O)CC[C@]3(C)C(=CC[C@@H]4[C@@]5(C)C[C@@H](O)[C@@H](O)[C@@](C)(CO)[C@@H]5CC[C@]43C)[C@H]12. The Labute approximate surface area is 211 Å². The summed E-state index contributed by atoms with van der Waals surface area (Å²) >= 11 is 0. The maximum atomic E-state index is 12.8. The molecule has 0 heterocycles. The first kappa shape index (κ1) is 25.7. The second-order valence-corrected chi connectivity index (χ2v) is 14.5. The van der Waals surface area contributed by atoms with Crippen LogP contribution in [0.25, 0.3) is 0 Å². The summed E-state index contributed by atoms with van der Waals surface area (Å²) in [4.78, 5) is 12.8. The fourth-order valence-electron chi connectivity index (χ4n) is 11.0. The Morgan fingerprint density at radius 2 is 1.69 bits per heavy atom. The Hall–Kier alpha value is -0.910. The lowest BCUT2D eigenvalue weighted by molar-refractivity contribution is -0.244. The highest BCUT2D eigenvalue weighted by molar-refractivity contribution is 5.76. The number of carbonyl (C=O) groups is 1. The molecule has 35 heavy (non-hydrogen) atoms. The first-order valence-electron chi connectivity index (χ1n) is 14.1. The molecule has 5 aliphatic carbocycles. The highest BCUT2D eigenvalue weighted by Crippen LogP contribution is 2.75. The third-order valence-corrected chi connectivity index (χ3v) is 13.5. The number of aliphatic hydroxyl groups excluding tert-OH is 3. The van der Waals surface area contributed by atoms with Gasteiger partial charge in [-0.2, -0.15) is 0 Å². The van der Waals surface area contributed by atoms with E-state index in [-0.39, 0.29) is 34.7 Å². The first-order chi connectivity index (χ1) is 16.2. The molecule has 0 aromatic heterocycles. The molecule has 0 saturated heterocycles. The molecule has 0 amide bonds. The van der Waals surface area contributed by atoms with Gasteiger partial charge in [0, 0.05) is 5.41 Å². The summed E-state index contributed by atoms with van der Waals surface area (Å²) in [6, 6.07) is 0. The molecule has 12 atom stereocenters. The summed E-state index contributed by atoms with van der Waals surface area (Å²) in [7, 11) is 0. The third kappa shape index (κ3) is 2.95. The third-order valence-electron chi connectivity index (χ3n) is 13.5. The second kappa shape index (κ2) is 7.80. The van der Waals surface area contributed by atoms with Crippen LogP contribution in [0.15, 0.2) is 11.6 Å². The lowest BCUT2D eigenvalue weighted by atomic mass is 9.33. The van der Waals surface area contributed by atoms with Crippen LogP contribution in [0, 0.1) is 56.7 Å². The number of rotatable bonds is 2. The maximum absolute atomic E-state index is 12.8. The lowest BCUT2D eigenvalue weighted by Crippen LogP contribution is -2.68. The molecule has 4 fully saturated rings. The summed E-state index contributed by atoms with van der Waals surface area (Å²) in [5, 5.41) is 42.9. The van der Waals surface area contributed by atoms with Crippen LogP contribution >= 0.6 is 0 Å². The van der Waals surface area contributed by atoms with Crippen LogP contribution in [0.2, 0.25) is 0 Å². The standard InChI is InChI=1S/C30H48O5/c1-17-9-12-30(25(34)35)14-13-28(5)19(23(30)18(17)2)7-8-22-26(3)15-20(32)24(33)27(4,16-31)21(26)10-11-29(22,28)6/h7,17-18,20-24,31-33H,8-16H2,1-6H3,(H,34,35)/t17-,18+,20-,21-,22-,23+,24-,26+,27+,28-,29-,30+/m1/s1. The van der Waals surface area contributed by atoms with Gasteiger partial charge < -0.3 is 20.4 Å². The van der Waals surface area contributed by atoms with Crippen molar-refractivity contribution in [3.63, 3.8) is 0 Å². The van der Waals surface area contributed by atoms with Crippen molar-refractivity contribution in [3.8, 4) is 0 Å². The predicted molar refractivity (Wildman–Crippen MR) is 135 cm³/mol. The van der Waals surface area contributed by atoms with Gasteiger partial charge in [-0.25, -0.2) is 0 Å². The number of allylic oxidation sites excluding steroid dienone is 2. The molecule has 0 bridgehead atoms. The number of hydrogen-bond donors (Lipinski definition) is 4. The van der Waals surface area contributed by atoms with Gasteiger partial charge in [0.05, 0.1) is 24.2 Å². The van der Waals surface area contributed by atoms with Crippen LogP contribution in [-0.2, 0) is 4.79 Å². The fraction of sp³-hybridized carbons (Fsp3) is 0.900. The van der Waals surface area contributed by atoms with E-state index in [0.29, 0.717) is 24.2 Å². The van der Waals surface area contributed by atoms with Crippen LogP contribution in [-0.4, -0.2) is 45.2 Å². The van der Waals surface area contributed by atoms with E-state index in [0.717, 1.165) is 44.9 Å². The lowest BCUT2D eigenvalue weighted by Gasteiger charge is -2.71. The van der Waals surface area contributed by atoms with Crippen LogP contribution < -0.4 is 0 Å². The van der Waals surface area contributed by atoms with E-state index in [1.807, 2.05) is 6.92 Å². The van der Waals surface area contributed by atoms with E-state index in [4.69, 9.17) is 0 Å². The van der Waals surface area contributed by atoms with Gasteiger partial charge in [0.15, 0.2) is 0 Å². The molecule has 0 aliphatic heterocycles. The van der Waals surface area contributed by atoms with Crippen LogP contribution in [0.3, 0.4) is 0 Å². The molecule has 5 nitrogen and oxygen atoms in total. The van der Waals surface area contributed by atoms with Crippen molar-refractivity contribution in [3.05, 3.63) is 11.6 Å². The molecular formula is C30H48O5. The highest BCUT2D eigenvalue weighted by Gasteiger charge is 2.70. The van der Waals surface area contributed by atoms with Crippen LogP contribution in [0.1, 0.15) is 92.9 Å². The average molecular weight is 489 g/mol. The number of carboxylic acid groups (broad SMARTS) is 1. The largest absolute Gasteiger partial charge is 0.481 e. The molecule has 4 saturated carbocycles. The summed E-state index contributed by atoms with van der Waals surface area (Å²) in [5.41, 5.74) is -0.214. The zero-order valence-electron chi connectivity index (χ0n) is 22.7. The molecular weight excluding hydrogens is 440 g/mol. The van der Waals surface area contributed by atoms with Gasteiger partial charge >= 0.3 is 5.97 Å². The molecule has 5 rings (SSSR count). The number of carboxylic acids is 1. The zero-order valence-corrected chi connectivity index (χ0v) is 22.7. The number of aliphatic hydroxyl groups is 3. The molecule has 4 N–H and O–H groups in total. The Bertz CT molecular complexity index is 930. The molecule has 0 radical (unpaired) electrons. The molecule has 5 aliphatic rings. The summed E-state index contributed by atoms with van der Waals surface area (Å²) in [6.45, 7) is 13.6. The second-order valence-electron chi connectivity index (χ2n) is 14.5. The van der Waals surface area contributed by atoms with Gasteiger partial charge in [0.1, 0.15) is 0 Å². The Balaban J connectivity index is 1.62. The van der Waals surface area contributed by atoms with Gasteiger partial charge in [-0.3, -0.25) is 4.79 Å². The van der Waals surface area contributed by atoms with Gasteiger partial charge in [0.2, 0.25) is 0 Å². The average Bonchev–Trinajstić information content (AvgIpc) is 2.80. The predicted octanol–water partition coefficient (Wildman–Crippen LogP) is 5.03. The quantitative estimate of drug-likeness (QED) is 0.409. The van der Waals surface area contributed by atoms with Gasteiger partial charge in [-0.15, -0.1) is 0 Å². The van der Waals surface area contributed by atoms with Crippen molar-refractivity contribution in [2.45, 2.75) is 105 Å². The molecule has 5 heteroatoms. The summed E-state index contributed by atoms with van der Waals surface area (Å²) < 4.78 is 0. The number of hydrogen-bond acceptors (Lipinski definition) is 4. The smallest absolute Gasteiger partial charge is 0.310 e. The first-order valence-corrected chi connectivity index (χ1v) is 14.1. The molecule has 198 valence electrons. The monoisotopic (exact) mass is 488 g/mol. The maximum Gasteiger partial charge on any atom is 0.310 e. The molecule has 0 unspecified atom stereocenters. The highest BCUT2D eigenvalue weighted by atomic mass is 16.4. The Morgan fingerprint density at radius 3 is 2.31 bits per heavy atom. The van der Waals surface area contributed by atoms with Gasteiger partial charge in [0.25, 0.3) is 0 Å². The van der Waals surface area contributed by atoms with Crippen LogP contribution in [0.4, 0.5) is 0 Å². The van der Waals surface area contributed by atoms with Crippen LogP contribution in [0.5, 0.6) is 0 Å². The van der Waals surface area contributed by atoms with E-state index >= 15 is 0 Å². The van der Waals surface area contributed by atoms with E-state index in [2.05, 4.69) is 40.7 Å². The fourth-order valence-corrected chi connectivity index (χ4v) is 11.0. The number of aliphatic carboxylic acids is 1. The molecule has 0 spiro atoms. The minimum Gasteiger partial charge on any atom is -0.481 e. The number of fused-ring (bicyclic) bond motifs is 7. The van der Waals surface area contributed by atoms with Crippen molar-refractivity contribution in [1.29, 1.82) is 0 Å². The molecule has 0 aromatic rings. The normalized spacial score (nSPS) is 57.7. The minimum absolute atomic E-state index is 0.00815. The minimum atomic E-state index is -0.907. The summed E-state index contributed by atoms with van der Waals surface area (Å²) in [5.74, 6) is 0.828. The Kier molecular flexibility index (Phi) is 5.73. The summed E-state index contributed by atoms with van der Waals surface area (Å²) in [6.07, 6.45) is 7.51. The topological polar surface area (TPSA) is 98.0 Å². The Morgan fingerprint density at radius 1 is 1.00 bits per heavy atom. The molecule has 0 aromatic carbocycles. The zero-order chi connectivity index (χ0) is 25.8. The van der Waals surface area contributed by atoms with Crippen molar-refractivity contribution >= 4 is 5.97 Å².